The highest BCUT2D eigenvalue weighted by Gasteiger charge is 2.18. The van der Waals surface area contributed by atoms with E-state index >= 15 is 0 Å². The van der Waals surface area contributed by atoms with Gasteiger partial charge in [0, 0.05) is 10.7 Å². The molecule has 0 aliphatic heterocycles. The van der Waals surface area contributed by atoms with Crippen LogP contribution in [0.4, 0.5) is 0 Å². The van der Waals surface area contributed by atoms with Crippen molar-refractivity contribution < 1.29 is 0 Å². The van der Waals surface area contributed by atoms with Gasteiger partial charge in [0.05, 0.1) is 41.0 Å². The van der Waals surface area contributed by atoms with Crippen molar-refractivity contribution in [3.63, 3.8) is 0 Å². The van der Waals surface area contributed by atoms with Crippen LogP contribution < -0.4 is 20.7 Å². The molecule has 4 rings (SSSR count). The van der Waals surface area contributed by atoms with Crippen molar-refractivity contribution in [2.45, 2.75) is 10.7 Å². The second kappa shape index (κ2) is 8.16. The Morgan fingerprint density at radius 1 is 0.536 bits per heavy atom. The van der Waals surface area contributed by atoms with E-state index in [-0.39, 0.29) is 0 Å². The summed E-state index contributed by atoms with van der Waals surface area (Å²) in [5.74, 6) is 0. The van der Waals surface area contributed by atoms with Crippen molar-refractivity contribution in [2.75, 3.05) is 0 Å². The number of alkyl halides is 2. The third-order valence-electron chi connectivity index (χ3n) is 4.98. The summed E-state index contributed by atoms with van der Waals surface area (Å²) in [6.45, 7) is 0. The van der Waals surface area contributed by atoms with Crippen LogP contribution in [0.25, 0.3) is 32.7 Å². The molecule has 4 aromatic carbocycles. The Labute approximate surface area is 195 Å². The van der Waals surface area contributed by atoms with E-state index in [0.717, 1.165) is 31.4 Å². The van der Waals surface area contributed by atoms with Crippen LogP contribution in [0.1, 0.15) is 11.1 Å². The van der Waals surface area contributed by atoms with Crippen molar-refractivity contribution in [3.8, 4) is 11.1 Å². The Morgan fingerprint density at radius 3 is 1.29 bits per heavy atom. The summed E-state index contributed by atoms with van der Waals surface area (Å²) in [6, 6.07) is 17.4. The van der Waals surface area contributed by atoms with E-state index in [1.54, 1.807) is 0 Å². The van der Waals surface area contributed by atoms with Gasteiger partial charge < -0.3 is 0 Å². The second-order valence-electron chi connectivity index (χ2n) is 6.70. The third kappa shape index (κ3) is 3.48. The molecule has 4 aromatic rings. The second-order valence-corrected chi connectivity index (χ2v) is 10.1. The maximum Gasteiger partial charge on any atom is 0.0720 e. The topological polar surface area (TPSA) is 0 Å². The summed E-state index contributed by atoms with van der Waals surface area (Å²) in [7, 11) is 15.0. The van der Waals surface area contributed by atoms with Gasteiger partial charge in [-0.2, -0.15) is 0 Å². The van der Waals surface area contributed by atoms with E-state index in [9.17, 15) is 0 Å². The van der Waals surface area contributed by atoms with Crippen molar-refractivity contribution in [1.29, 1.82) is 0 Å². The van der Waals surface area contributed by atoms with Gasteiger partial charge in [-0.1, -0.05) is 101 Å². The highest BCUT2D eigenvalue weighted by atomic mass is 79.9. The van der Waals surface area contributed by atoms with E-state index in [0.29, 0.717) is 0 Å². The van der Waals surface area contributed by atoms with Gasteiger partial charge in [-0.3, -0.25) is 0 Å². The van der Waals surface area contributed by atoms with Crippen molar-refractivity contribution in [3.05, 3.63) is 59.7 Å². The smallest absolute Gasteiger partial charge is 0.0720 e. The van der Waals surface area contributed by atoms with Crippen LogP contribution in [0.5, 0.6) is 0 Å². The largest absolute Gasteiger partial charge is 0.0876 e. The fraction of sp³-hybridized carbons (Fsp3) is 0.0909. The van der Waals surface area contributed by atoms with Crippen LogP contribution in [0.2, 0.25) is 0 Å². The maximum absolute atomic E-state index is 3.83. The normalized spacial score (nSPS) is 11.5. The van der Waals surface area contributed by atoms with Gasteiger partial charge in [0.1, 0.15) is 0 Å². The molecule has 0 saturated carbocycles. The molecule has 0 heterocycles. The number of fused-ring (bicyclic) bond motifs is 2. The van der Waals surface area contributed by atoms with Crippen molar-refractivity contribution >= 4 is 115 Å². The van der Waals surface area contributed by atoms with Crippen molar-refractivity contribution in [1.82, 2.24) is 0 Å². The molecule has 0 amide bonds. The molecule has 0 aliphatic rings. The maximum atomic E-state index is 3.83. The van der Waals surface area contributed by atoms with E-state index in [1.807, 2.05) is 0 Å². The Balaban J connectivity index is 2.24. The Kier molecular flexibility index (Phi) is 5.97. The Hall–Kier alpha value is -0.772. The zero-order chi connectivity index (χ0) is 20.0. The van der Waals surface area contributed by atoms with Gasteiger partial charge in [-0.25, -0.2) is 0 Å². The summed E-state index contributed by atoms with van der Waals surface area (Å²) >= 11 is 7.43. The standard InChI is InChI=1S/C22H12Br2Si4/c23-9-11-5-19(27)17-7-13(25)1-3-15(17)21(11)22-12(10-24)6-20(28)18-8-14(26)2-4-16(18)22/h1-8H,9-10H2. The monoisotopic (exact) mass is 546 g/mol. The molecule has 0 nitrogen and oxygen atoms in total. The molecule has 0 bridgehead atoms. The van der Waals surface area contributed by atoms with Crippen LogP contribution in [0.3, 0.4) is 0 Å². The number of hydrogen-bond acceptors (Lipinski definition) is 0. The molecule has 0 aliphatic carbocycles. The van der Waals surface area contributed by atoms with Gasteiger partial charge in [0.2, 0.25) is 0 Å². The first-order chi connectivity index (χ1) is 13.4. The van der Waals surface area contributed by atoms with Crippen LogP contribution in [-0.4, -0.2) is 41.0 Å². The predicted octanol–water partition coefficient (Wildman–Crippen LogP) is 2.63. The summed E-state index contributed by atoms with van der Waals surface area (Å²) < 4.78 is 0. The Morgan fingerprint density at radius 2 is 0.929 bits per heavy atom. The lowest BCUT2D eigenvalue weighted by molar-refractivity contribution is 1.42. The molecule has 12 radical (unpaired) electrons. The summed E-state index contributed by atoms with van der Waals surface area (Å²) in [5.41, 5.74) is 5.06. The quantitative estimate of drug-likeness (QED) is 0.273. The summed E-state index contributed by atoms with van der Waals surface area (Å²) in [4.78, 5) is 0. The summed E-state index contributed by atoms with van der Waals surface area (Å²) in [5, 5.41) is 10.7. The fourth-order valence-electron chi connectivity index (χ4n) is 3.77. The van der Waals surface area contributed by atoms with Crippen molar-refractivity contribution in [2.24, 2.45) is 0 Å². The van der Waals surface area contributed by atoms with Gasteiger partial charge in [-0.15, -0.1) is 0 Å². The van der Waals surface area contributed by atoms with E-state index in [4.69, 9.17) is 0 Å². The minimum absolute atomic E-state index is 0.778. The van der Waals surface area contributed by atoms with Crippen LogP contribution in [-0.2, 0) is 10.7 Å². The first-order valence-electron chi connectivity index (χ1n) is 8.62. The first-order valence-corrected chi connectivity index (χ1v) is 12.9. The molecule has 28 heavy (non-hydrogen) atoms. The number of halogens is 2. The van der Waals surface area contributed by atoms with E-state index in [2.05, 4.69) is 121 Å². The van der Waals surface area contributed by atoms with Gasteiger partial charge in [0.15, 0.2) is 0 Å². The molecule has 0 unspecified atom stereocenters. The van der Waals surface area contributed by atoms with Crippen LogP contribution in [0, 0.1) is 0 Å². The number of benzene rings is 4. The molecule has 0 fully saturated rings. The minimum Gasteiger partial charge on any atom is -0.0876 e. The average Bonchev–Trinajstić information content (AvgIpc) is 2.69. The first kappa shape index (κ1) is 20.5. The predicted molar refractivity (Wildman–Crippen MR) is 134 cm³/mol. The average molecular weight is 548 g/mol. The minimum atomic E-state index is 0.778. The molecule has 0 N–H and O–H groups in total. The lowest BCUT2D eigenvalue weighted by Gasteiger charge is -2.21. The molecule has 0 saturated heterocycles. The number of rotatable bonds is 3. The molecular formula is C22H12Br2Si4. The van der Waals surface area contributed by atoms with Crippen LogP contribution >= 0.6 is 31.9 Å². The zero-order valence-corrected chi connectivity index (χ0v) is 22.0. The molecule has 0 aromatic heterocycles. The van der Waals surface area contributed by atoms with E-state index < -0.39 is 0 Å². The van der Waals surface area contributed by atoms with Crippen LogP contribution in [0.15, 0.2) is 48.5 Å². The molecule has 6 heteroatoms. The molecule has 0 atom stereocenters. The van der Waals surface area contributed by atoms with E-state index in [1.165, 1.54) is 43.8 Å². The fourth-order valence-corrected chi connectivity index (χ4v) is 5.87. The van der Waals surface area contributed by atoms with Gasteiger partial charge in [-0.05, 0) is 43.8 Å². The number of hydrogen-bond donors (Lipinski definition) is 0. The van der Waals surface area contributed by atoms with Gasteiger partial charge in [0.25, 0.3) is 0 Å². The Bertz CT molecular complexity index is 1140. The van der Waals surface area contributed by atoms with Gasteiger partial charge >= 0.3 is 0 Å². The zero-order valence-electron chi connectivity index (χ0n) is 14.8. The third-order valence-corrected chi connectivity index (χ3v) is 7.63. The lowest BCUT2D eigenvalue weighted by Crippen LogP contribution is -2.14. The highest BCUT2D eigenvalue weighted by Crippen LogP contribution is 2.39. The SMILES string of the molecule is [Si]c1ccc2c(-c3c(CBr)cc([Si])c4cc([Si])ccc34)c(CBr)cc([Si])c2c1. The lowest BCUT2D eigenvalue weighted by atomic mass is 9.88. The molecule has 0 spiro atoms. The highest BCUT2D eigenvalue weighted by molar-refractivity contribution is 9.08. The summed E-state index contributed by atoms with van der Waals surface area (Å²) in [6.07, 6.45) is 0. The molecular weight excluding hydrogens is 536 g/mol. The molecule has 130 valence electrons.